The predicted octanol–water partition coefficient (Wildman–Crippen LogP) is 3.23. The molecule has 0 heterocycles. The molecule has 0 spiro atoms. The molecule has 0 fully saturated rings. The second-order valence-electron chi connectivity index (χ2n) is 5.01. The number of carboxylic acids is 1. The smallest absolute Gasteiger partial charge is 0.335 e. The van der Waals surface area contributed by atoms with Crippen LogP contribution in [0, 0.1) is 5.92 Å². The SMILES string of the molecule is CCCC(C)CN(CC)c1ccc(C(=O)O)cc1N. The number of hydrogen-bond donors (Lipinski definition) is 2. The van der Waals surface area contributed by atoms with Crippen molar-refractivity contribution in [1.29, 1.82) is 0 Å². The Morgan fingerprint density at radius 3 is 2.58 bits per heavy atom. The van der Waals surface area contributed by atoms with Crippen molar-refractivity contribution in [2.24, 2.45) is 5.92 Å². The predicted molar refractivity (Wildman–Crippen MR) is 79.8 cm³/mol. The van der Waals surface area contributed by atoms with Gasteiger partial charge in [-0.05, 0) is 37.5 Å². The molecule has 0 amide bonds. The first kappa shape index (κ1) is 15.3. The third-order valence-corrected chi connectivity index (χ3v) is 3.31. The van der Waals surface area contributed by atoms with Gasteiger partial charge in [-0.3, -0.25) is 0 Å². The van der Waals surface area contributed by atoms with Crippen LogP contribution in [0.4, 0.5) is 11.4 Å². The average Bonchev–Trinajstić information content (AvgIpc) is 2.36. The number of nitrogens with two attached hydrogens (primary N) is 1. The topological polar surface area (TPSA) is 66.6 Å². The number of nitrogen functional groups attached to an aromatic ring is 1. The summed E-state index contributed by atoms with van der Waals surface area (Å²) in [5.41, 5.74) is 7.67. The standard InChI is InChI=1S/C15H24N2O2/c1-4-6-11(3)10-17(5-2)14-8-7-12(15(18)19)9-13(14)16/h7-9,11H,4-6,10,16H2,1-3H3,(H,18,19). The van der Waals surface area contributed by atoms with Crippen LogP contribution >= 0.6 is 0 Å². The third kappa shape index (κ3) is 4.16. The first-order chi connectivity index (χ1) is 8.99. The van der Waals surface area contributed by atoms with Crippen molar-refractivity contribution in [1.82, 2.24) is 0 Å². The van der Waals surface area contributed by atoms with E-state index in [1.807, 2.05) is 0 Å². The highest BCUT2D eigenvalue weighted by molar-refractivity contribution is 5.90. The fourth-order valence-corrected chi connectivity index (χ4v) is 2.33. The number of carbonyl (C=O) groups is 1. The highest BCUT2D eigenvalue weighted by Crippen LogP contribution is 2.25. The van der Waals surface area contributed by atoms with Gasteiger partial charge in [0.05, 0.1) is 16.9 Å². The van der Waals surface area contributed by atoms with Gasteiger partial charge in [0.15, 0.2) is 0 Å². The van der Waals surface area contributed by atoms with Gasteiger partial charge in [-0.1, -0.05) is 20.3 Å². The number of benzene rings is 1. The highest BCUT2D eigenvalue weighted by atomic mass is 16.4. The molecule has 1 aromatic carbocycles. The van der Waals surface area contributed by atoms with Crippen LogP contribution in [-0.4, -0.2) is 24.2 Å². The van der Waals surface area contributed by atoms with E-state index in [0.29, 0.717) is 11.6 Å². The molecule has 1 unspecified atom stereocenters. The molecule has 0 radical (unpaired) electrons. The molecule has 0 saturated carbocycles. The quantitative estimate of drug-likeness (QED) is 0.742. The molecule has 0 aliphatic carbocycles. The first-order valence-electron chi connectivity index (χ1n) is 6.87. The van der Waals surface area contributed by atoms with Crippen LogP contribution < -0.4 is 10.6 Å². The molecule has 106 valence electrons. The fourth-order valence-electron chi connectivity index (χ4n) is 2.33. The molecular weight excluding hydrogens is 240 g/mol. The van der Waals surface area contributed by atoms with Gasteiger partial charge in [-0.2, -0.15) is 0 Å². The maximum Gasteiger partial charge on any atom is 0.335 e. The van der Waals surface area contributed by atoms with E-state index in [1.165, 1.54) is 18.9 Å². The molecule has 0 aliphatic rings. The van der Waals surface area contributed by atoms with E-state index in [1.54, 1.807) is 12.1 Å². The van der Waals surface area contributed by atoms with Gasteiger partial charge in [0, 0.05) is 13.1 Å². The molecule has 0 saturated heterocycles. The summed E-state index contributed by atoms with van der Waals surface area (Å²) in [6.45, 7) is 8.31. The minimum atomic E-state index is -0.944. The highest BCUT2D eigenvalue weighted by Gasteiger charge is 2.13. The van der Waals surface area contributed by atoms with Gasteiger partial charge in [0.2, 0.25) is 0 Å². The Bertz CT molecular complexity index is 432. The van der Waals surface area contributed by atoms with E-state index in [9.17, 15) is 4.79 Å². The monoisotopic (exact) mass is 264 g/mol. The van der Waals surface area contributed by atoms with Crippen LogP contribution in [0.5, 0.6) is 0 Å². The normalized spacial score (nSPS) is 12.2. The number of carboxylic acid groups (broad SMARTS) is 1. The molecule has 4 nitrogen and oxygen atoms in total. The summed E-state index contributed by atoms with van der Waals surface area (Å²) in [5, 5.41) is 8.94. The first-order valence-corrected chi connectivity index (χ1v) is 6.87. The molecule has 0 aliphatic heterocycles. The maximum atomic E-state index is 10.9. The third-order valence-electron chi connectivity index (χ3n) is 3.31. The Hall–Kier alpha value is -1.71. The van der Waals surface area contributed by atoms with Crippen molar-refractivity contribution in [2.45, 2.75) is 33.6 Å². The number of hydrogen-bond acceptors (Lipinski definition) is 3. The Kier molecular flexibility index (Phi) is 5.67. The minimum absolute atomic E-state index is 0.235. The van der Waals surface area contributed by atoms with Gasteiger partial charge in [-0.15, -0.1) is 0 Å². The van der Waals surface area contributed by atoms with Crippen molar-refractivity contribution in [3.63, 3.8) is 0 Å². The molecule has 19 heavy (non-hydrogen) atoms. The van der Waals surface area contributed by atoms with Crippen LogP contribution in [-0.2, 0) is 0 Å². The van der Waals surface area contributed by atoms with Gasteiger partial charge in [-0.25, -0.2) is 4.79 Å². The van der Waals surface area contributed by atoms with Crippen LogP contribution in [0.15, 0.2) is 18.2 Å². The van der Waals surface area contributed by atoms with Gasteiger partial charge >= 0.3 is 5.97 Å². The van der Waals surface area contributed by atoms with Gasteiger partial charge < -0.3 is 15.7 Å². The summed E-state index contributed by atoms with van der Waals surface area (Å²) in [7, 11) is 0. The van der Waals surface area contributed by atoms with Crippen molar-refractivity contribution >= 4 is 17.3 Å². The second kappa shape index (κ2) is 7.02. The largest absolute Gasteiger partial charge is 0.478 e. The summed E-state index contributed by atoms with van der Waals surface area (Å²) in [6.07, 6.45) is 2.36. The summed E-state index contributed by atoms with van der Waals surface area (Å²) in [6, 6.07) is 4.95. The van der Waals surface area contributed by atoms with Gasteiger partial charge in [0.1, 0.15) is 0 Å². The number of nitrogens with zero attached hydrogens (tertiary/aromatic N) is 1. The van der Waals surface area contributed by atoms with Crippen LogP contribution in [0.2, 0.25) is 0 Å². The van der Waals surface area contributed by atoms with E-state index in [2.05, 4.69) is 25.7 Å². The Morgan fingerprint density at radius 2 is 2.11 bits per heavy atom. The van der Waals surface area contributed by atoms with Crippen molar-refractivity contribution in [3.05, 3.63) is 23.8 Å². The molecule has 3 N–H and O–H groups in total. The number of anilines is 2. The van der Waals surface area contributed by atoms with Crippen molar-refractivity contribution in [2.75, 3.05) is 23.7 Å². The second-order valence-corrected chi connectivity index (χ2v) is 5.01. The lowest BCUT2D eigenvalue weighted by molar-refractivity contribution is 0.0697. The van der Waals surface area contributed by atoms with Crippen LogP contribution in [0.25, 0.3) is 0 Å². The zero-order valence-electron chi connectivity index (χ0n) is 12.0. The lowest BCUT2D eigenvalue weighted by Gasteiger charge is -2.27. The molecule has 1 rings (SSSR count). The molecule has 0 aromatic heterocycles. The van der Waals surface area contributed by atoms with E-state index < -0.39 is 5.97 Å². The molecular formula is C15H24N2O2. The lowest BCUT2D eigenvalue weighted by Crippen LogP contribution is -2.29. The summed E-state index contributed by atoms with van der Waals surface area (Å²) in [5.74, 6) is -0.343. The molecule has 0 bridgehead atoms. The summed E-state index contributed by atoms with van der Waals surface area (Å²) in [4.78, 5) is 13.1. The van der Waals surface area contributed by atoms with E-state index in [-0.39, 0.29) is 5.56 Å². The van der Waals surface area contributed by atoms with Crippen molar-refractivity contribution < 1.29 is 9.90 Å². The van der Waals surface area contributed by atoms with Crippen molar-refractivity contribution in [3.8, 4) is 0 Å². The lowest BCUT2D eigenvalue weighted by atomic mass is 10.0. The van der Waals surface area contributed by atoms with Crippen LogP contribution in [0.1, 0.15) is 44.0 Å². The zero-order valence-corrected chi connectivity index (χ0v) is 12.0. The maximum absolute atomic E-state index is 10.9. The van der Waals surface area contributed by atoms with E-state index in [0.717, 1.165) is 18.8 Å². The Balaban J connectivity index is 2.89. The summed E-state index contributed by atoms with van der Waals surface area (Å²) >= 11 is 0. The molecule has 4 heteroatoms. The number of aromatic carboxylic acids is 1. The zero-order chi connectivity index (χ0) is 14.4. The minimum Gasteiger partial charge on any atom is -0.478 e. The average molecular weight is 264 g/mol. The Labute approximate surface area is 115 Å². The van der Waals surface area contributed by atoms with E-state index in [4.69, 9.17) is 10.8 Å². The van der Waals surface area contributed by atoms with E-state index >= 15 is 0 Å². The molecule has 1 atom stereocenters. The number of rotatable bonds is 7. The van der Waals surface area contributed by atoms with Gasteiger partial charge in [0.25, 0.3) is 0 Å². The Morgan fingerprint density at radius 1 is 1.42 bits per heavy atom. The van der Waals surface area contributed by atoms with Crippen LogP contribution in [0.3, 0.4) is 0 Å². The summed E-state index contributed by atoms with van der Waals surface area (Å²) < 4.78 is 0. The molecule has 1 aromatic rings. The fraction of sp³-hybridized carbons (Fsp3) is 0.533.